The van der Waals surface area contributed by atoms with Crippen LogP contribution in [0, 0.1) is 15.0 Å². The van der Waals surface area contributed by atoms with E-state index in [4.69, 9.17) is 9.47 Å². The van der Waals surface area contributed by atoms with Crippen molar-refractivity contribution in [3.63, 3.8) is 0 Å². The SMILES string of the molecule is O=NCNCN[C@@H]1CO[C@H]2[C@@H]1OC[C@@H]2O[N+](=O)[O-]. The fourth-order valence-corrected chi connectivity index (χ4v) is 2.14. The second-order valence-corrected chi connectivity index (χ2v) is 3.99. The Morgan fingerprint density at radius 1 is 1.39 bits per heavy atom. The molecule has 2 N–H and O–H groups in total. The molecule has 0 aliphatic carbocycles. The number of nitroso groups, excluding NO2 is 1. The van der Waals surface area contributed by atoms with Gasteiger partial charge in [0.15, 0.2) is 6.10 Å². The van der Waals surface area contributed by atoms with Gasteiger partial charge in [0.2, 0.25) is 0 Å². The third-order valence-corrected chi connectivity index (χ3v) is 2.90. The van der Waals surface area contributed by atoms with Crippen molar-refractivity contribution in [1.29, 1.82) is 0 Å². The van der Waals surface area contributed by atoms with Gasteiger partial charge in [-0.1, -0.05) is 5.18 Å². The summed E-state index contributed by atoms with van der Waals surface area (Å²) in [6, 6.07) is -0.0884. The topological polar surface area (TPSA) is 124 Å². The van der Waals surface area contributed by atoms with Crippen LogP contribution in [0.5, 0.6) is 0 Å². The average Bonchev–Trinajstić information content (AvgIpc) is 2.88. The van der Waals surface area contributed by atoms with Crippen molar-refractivity contribution in [1.82, 2.24) is 10.6 Å². The average molecular weight is 262 g/mol. The van der Waals surface area contributed by atoms with Crippen LogP contribution in [0.25, 0.3) is 0 Å². The first kappa shape index (κ1) is 13.1. The molecule has 0 unspecified atom stereocenters. The van der Waals surface area contributed by atoms with Crippen LogP contribution in [-0.4, -0.2) is 56.0 Å². The Hall–Kier alpha value is -1.36. The minimum absolute atomic E-state index is 0.0165. The molecule has 2 heterocycles. The molecule has 0 aromatic rings. The number of rotatable bonds is 7. The molecule has 0 spiro atoms. The van der Waals surface area contributed by atoms with Crippen molar-refractivity contribution in [3.8, 4) is 0 Å². The maximum atomic E-state index is 10.3. The maximum Gasteiger partial charge on any atom is 0.294 e. The summed E-state index contributed by atoms with van der Waals surface area (Å²) in [6.45, 7) is 0.913. The first-order chi connectivity index (χ1) is 8.72. The third-order valence-electron chi connectivity index (χ3n) is 2.90. The lowest BCUT2D eigenvalue weighted by molar-refractivity contribution is -0.769. The molecule has 2 saturated heterocycles. The summed E-state index contributed by atoms with van der Waals surface area (Å²) in [6.07, 6.45) is -1.39. The highest BCUT2D eigenvalue weighted by Crippen LogP contribution is 2.28. The molecule has 0 radical (unpaired) electrons. The van der Waals surface area contributed by atoms with Crippen LogP contribution in [0.4, 0.5) is 0 Å². The van der Waals surface area contributed by atoms with Gasteiger partial charge in [0.25, 0.3) is 5.09 Å². The zero-order valence-corrected chi connectivity index (χ0v) is 9.48. The van der Waals surface area contributed by atoms with Gasteiger partial charge in [-0.25, -0.2) is 0 Å². The molecule has 2 rings (SSSR count). The molecule has 4 atom stereocenters. The Kier molecular flexibility index (Phi) is 4.36. The van der Waals surface area contributed by atoms with Crippen molar-refractivity contribution < 1.29 is 19.4 Å². The van der Waals surface area contributed by atoms with Gasteiger partial charge in [0, 0.05) is 6.67 Å². The molecular formula is C8H14N4O6. The molecule has 0 aromatic heterocycles. The predicted molar refractivity (Wildman–Crippen MR) is 56.9 cm³/mol. The van der Waals surface area contributed by atoms with Gasteiger partial charge in [-0.2, -0.15) is 0 Å². The number of nitrogens with one attached hydrogen (secondary N) is 2. The summed E-state index contributed by atoms with van der Waals surface area (Å²) in [5.41, 5.74) is 0. The zero-order valence-electron chi connectivity index (χ0n) is 9.48. The highest BCUT2D eigenvalue weighted by molar-refractivity contribution is 4.97. The van der Waals surface area contributed by atoms with E-state index in [9.17, 15) is 15.0 Å². The molecule has 0 amide bonds. The van der Waals surface area contributed by atoms with Crippen LogP contribution in [0.15, 0.2) is 5.18 Å². The largest absolute Gasteiger partial charge is 0.371 e. The number of fused-ring (bicyclic) bond motifs is 1. The Bertz CT molecular complexity index is 316. The summed E-state index contributed by atoms with van der Waals surface area (Å²) < 4.78 is 10.9. The highest BCUT2D eigenvalue weighted by atomic mass is 17.0. The Morgan fingerprint density at radius 2 is 2.17 bits per heavy atom. The molecule has 0 saturated carbocycles. The van der Waals surface area contributed by atoms with Crippen molar-refractivity contribution in [2.45, 2.75) is 24.4 Å². The van der Waals surface area contributed by atoms with Gasteiger partial charge in [0.1, 0.15) is 18.9 Å². The molecule has 18 heavy (non-hydrogen) atoms. The monoisotopic (exact) mass is 262 g/mol. The van der Waals surface area contributed by atoms with E-state index in [1.807, 2.05) is 0 Å². The first-order valence-electron chi connectivity index (χ1n) is 5.50. The molecule has 102 valence electrons. The second-order valence-electron chi connectivity index (χ2n) is 3.99. The van der Waals surface area contributed by atoms with Crippen LogP contribution in [0.2, 0.25) is 0 Å². The van der Waals surface area contributed by atoms with Gasteiger partial charge >= 0.3 is 0 Å². The molecular weight excluding hydrogens is 248 g/mol. The highest BCUT2D eigenvalue weighted by Gasteiger charge is 2.49. The van der Waals surface area contributed by atoms with E-state index in [0.29, 0.717) is 13.3 Å². The summed E-state index contributed by atoms with van der Waals surface area (Å²) in [4.78, 5) is 24.6. The lowest BCUT2D eigenvalue weighted by Crippen LogP contribution is -2.45. The molecule has 2 aliphatic heterocycles. The number of ether oxygens (including phenoxy) is 2. The van der Waals surface area contributed by atoms with E-state index in [1.54, 1.807) is 0 Å². The standard InChI is InChI=1S/C8H14N4O6/c13-11-4-9-3-10-5-1-16-8-6(18-12(14)15)2-17-7(5)8/h5-10H,1-4H2/t5-,6+,7-,8-/m1/s1. The Morgan fingerprint density at radius 3 is 2.89 bits per heavy atom. The molecule has 0 bridgehead atoms. The fraction of sp³-hybridized carbons (Fsp3) is 1.00. The summed E-state index contributed by atoms with van der Waals surface area (Å²) in [5.74, 6) is 0. The number of nitrogens with zero attached hydrogens (tertiary/aromatic N) is 2. The first-order valence-corrected chi connectivity index (χ1v) is 5.50. The van der Waals surface area contributed by atoms with E-state index in [0.717, 1.165) is 0 Å². The normalized spacial score (nSPS) is 34.2. The fourth-order valence-electron chi connectivity index (χ4n) is 2.14. The van der Waals surface area contributed by atoms with Crippen LogP contribution in [0.1, 0.15) is 0 Å². The third kappa shape index (κ3) is 2.90. The lowest BCUT2D eigenvalue weighted by Gasteiger charge is -2.17. The molecule has 2 aliphatic rings. The van der Waals surface area contributed by atoms with Gasteiger partial charge in [0.05, 0.1) is 19.3 Å². The van der Waals surface area contributed by atoms with Gasteiger partial charge in [-0.05, 0) is 0 Å². The summed E-state index contributed by atoms with van der Waals surface area (Å²) in [5, 5.41) is 17.9. The Balaban J connectivity index is 1.77. The Labute approximate surface area is 102 Å². The van der Waals surface area contributed by atoms with Crippen LogP contribution in [-0.2, 0) is 14.3 Å². The van der Waals surface area contributed by atoms with Gasteiger partial charge in [-0.3, -0.25) is 10.6 Å². The molecule has 0 aromatic carbocycles. The zero-order chi connectivity index (χ0) is 13.0. The van der Waals surface area contributed by atoms with Crippen molar-refractivity contribution in [2.75, 3.05) is 26.6 Å². The van der Waals surface area contributed by atoms with E-state index in [1.165, 1.54) is 0 Å². The molecule has 2 fully saturated rings. The van der Waals surface area contributed by atoms with E-state index >= 15 is 0 Å². The maximum absolute atomic E-state index is 10.3. The van der Waals surface area contributed by atoms with E-state index in [-0.39, 0.29) is 25.4 Å². The molecule has 10 heteroatoms. The minimum atomic E-state index is -0.835. The van der Waals surface area contributed by atoms with Gasteiger partial charge in [-0.15, -0.1) is 15.0 Å². The second kappa shape index (κ2) is 6.00. The van der Waals surface area contributed by atoms with Crippen molar-refractivity contribution >= 4 is 0 Å². The quantitative estimate of drug-likeness (QED) is 0.188. The van der Waals surface area contributed by atoms with E-state index < -0.39 is 17.3 Å². The summed E-state index contributed by atoms with van der Waals surface area (Å²) in [7, 11) is 0. The predicted octanol–water partition coefficient (Wildman–Crippen LogP) is -1.41. The van der Waals surface area contributed by atoms with Gasteiger partial charge < -0.3 is 14.3 Å². The van der Waals surface area contributed by atoms with Crippen LogP contribution < -0.4 is 10.6 Å². The smallest absolute Gasteiger partial charge is 0.294 e. The van der Waals surface area contributed by atoms with Crippen LogP contribution in [0.3, 0.4) is 0 Å². The summed E-state index contributed by atoms with van der Waals surface area (Å²) >= 11 is 0. The number of hydrogen-bond donors (Lipinski definition) is 2. The van der Waals surface area contributed by atoms with E-state index in [2.05, 4.69) is 20.6 Å². The van der Waals surface area contributed by atoms with Crippen molar-refractivity contribution in [3.05, 3.63) is 15.0 Å². The van der Waals surface area contributed by atoms with Crippen LogP contribution >= 0.6 is 0 Å². The lowest BCUT2D eigenvalue weighted by atomic mass is 10.1. The van der Waals surface area contributed by atoms with Crippen molar-refractivity contribution in [2.24, 2.45) is 5.18 Å². The number of hydrogen-bond acceptors (Lipinski definition) is 9. The molecule has 10 nitrogen and oxygen atoms in total. The minimum Gasteiger partial charge on any atom is -0.371 e.